The summed E-state index contributed by atoms with van der Waals surface area (Å²) in [6, 6.07) is 16.4. The van der Waals surface area contributed by atoms with Gasteiger partial charge in [-0.1, -0.05) is 59.7 Å². The second-order valence-corrected chi connectivity index (χ2v) is 13.5. The molecule has 2 atom stereocenters. The van der Waals surface area contributed by atoms with Crippen LogP contribution in [0.3, 0.4) is 0 Å². The molecule has 0 aromatic heterocycles. The summed E-state index contributed by atoms with van der Waals surface area (Å²) in [6.07, 6.45) is -0.970. The number of fused-ring (bicyclic) bond motifs is 1. The van der Waals surface area contributed by atoms with Crippen molar-refractivity contribution < 1.29 is 28.6 Å². The normalized spacial score (nSPS) is 20.9. The Hall–Kier alpha value is -2.91. The van der Waals surface area contributed by atoms with Gasteiger partial charge in [0, 0.05) is 26.5 Å². The van der Waals surface area contributed by atoms with Gasteiger partial charge in [-0.05, 0) is 45.2 Å². The maximum atomic E-state index is 14.0. The maximum Gasteiger partial charge on any atom is 0.404 e. The van der Waals surface area contributed by atoms with E-state index in [0.29, 0.717) is 11.3 Å². The molecule has 2 amide bonds. The highest BCUT2D eigenvalue weighted by Gasteiger charge is 2.66. The van der Waals surface area contributed by atoms with Crippen LogP contribution in [-0.4, -0.2) is 59.0 Å². The van der Waals surface area contributed by atoms with Crippen LogP contribution in [0.25, 0.3) is 0 Å². The Bertz CT molecular complexity index is 1250. The number of hydrogen-bond acceptors (Lipinski definition) is 8. The van der Waals surface area contributed by atoms with E-state index in [-0.39, 0.29) is 12.3 Å². The fourth-order valence-corrected chi connectivity index (χ4v) is 7.94. The van der Waals surface area contributed by atoms with Crippen LogP contribution < -0.4 is 21.4 Å². The molecule has 2 aromatic carbocycles. The second-order valence-electron chi connectivity index (χ2n) is 10.5. The van der Waals surface area contributed by atoms with Crippen LogP contribution >= 0.6 is 19.8 Å². The van der Waals surface area contributed by atoms with Crippen molar-refractivity contribution in [2.24, 2.45) is 5.73 Å². The van der Waals surface area contributed by atoms with Crippen molar-refractivity contribution in [1.82, 2.24) is 9.99 Å². The number of rotatable bonds is 8. The number of benzene rings is 2. The van der Waals surface area contributed by atoms with Gasteiger partial charge in [0.25, 0.3) is 5.91 Å². The van der Waals surface area contributed by atoms with Crippen molar-refractivity contribution in [2.75, 3.05) is 19.5 Å². The van der Waals surface area contributed by atoms with Gasteiger partial charge in [-0.15, -0.1) is 11.8 Å². The monoisotopic (exact) mass is 571 g/mol. The molecule has 0 aliphatic carbocycles. The van der Waals surface area contributed by atoms with Crippen molar-refractivity contribution in [3.05, 3.63) is 70.9 Å². The fourth-order valence-electron chi connectivity index (χ4n) is 4.34. The number of hydrogen-bond donors (Lipinski definition) is 2. The molecule has 0 saturated carbocycles. The van der Waals surface area contributed by atoms with E-state index in [2.05, 4.69) is 29.4 Å². The van der Waals surface area contributed by atoms with Gasteiger partial charge in [0.2, 0.25) is 5.72 Å². The summed E-state index contributed by atoms with van der Waals surface area (Å²) in [5.41, 5.74) is 5.75. The van der Waals surface area contributed by atoms with Gasteiger partial charge in [0.1, 0.15) is 23.3 Å². The first-order chi connectivity index (χ1) is 18.4. The van der Waals surface area contributed by atoms with E-state index in [9.17, 15) is 14.4 Å². The van der Waals surface area contributed by atoms with E-state index < -0.39 is 42.7 Å². The second kappa shape index (κ2) is 11.3. The summed E-state index contributed by atoms with van der Waals surface area (Å²) in [7, 11) is 0.274. The van der Waals surface area contributed by atoms with E-state index in [1.807, 2.05) is 38.1 Å². The Morgan fingerprint density at radius 3 is 2.08 bits per heavy atom. The molecule has 208 valence electrons. The zero-order valence-electron chi connectivity index (χ0n) is 22.9. The molecule has 0 spiro atoms. The van der Waals surface area contributed by atoms with Gasteiger partial charge in [-0.25, -0.2) is 14.7 Å². The zero-order chi connectivity index (χ0) is 28.5. The van der Waals surface area contributed by atoms with Gasteiger partial charge >= 0.3 is 12.1 Å². The van der Waals surface area contributed by atoms with Crippen molar-refractivity contribution in [1.29, 1.82) is 0 Å². The minimum absolute atomic E-state index is 0.0596. The van der Waals surface area contributed by atoms with Crippen LogP contribution in [0, 0.1) is 13.8 Å². The largest absolute Gasteiger partial charge is 0.455 e. The van der Waals surface area contributed by atoms with E-state index in [4.69, 9.17) is 19.9 Å². The first-order valence-corrected chi connectivity index (χ1v) is 14.8. The number of methoxy groups -OCH3 is 1. The molecule has 2 aliphatic rings. The molecule has 0 bridgehead atoms. The predicted molar refractivity (Wildman–Crippen MR) is 153 cm³/mol. The Kier molecular flexibility index (Phi) is 8.42. The Balaban J connectivity index is 1.72. The zero-order valence-corrected chi connectivity index (χ0v) is 24.7. The first kappa shape index (κ1) is 29.1. The number of thioether (sulfide) groups is 1. The standard InChI is InChI=1S/C28H34N3O6PS/c1-17-7-11-20(12-8-17)38(21-13-9-18(2)10-14-21)30-28(35-6)24(33)31-22(23(32)37-27(3,4)5)19(15-36-26(29)34)16-39-25(28)31/h7-14,25,30H,15-16H2,1-6H3,(H2,29,34)/t25-,28-/m0/s1. The number of aryl methyl sites for hydroxylation is 2. The summed E-state index contributed by atoms with van der Waals surface area (Å²) < 4.78 is 16.6. The van der Waals surface area contributed by atoms with Gasteiger partial charge in [0.05, 0.1) is 0 Å². The van der Waals surface area contributed by atoms with Crippen molar-refractivity contribution in [3.8, 4) is 0 Å². The van der Waals surface area contributed by atoms with Crippen molar-refractivity contribution in [2.45, 2.75) is 51.3 Å². The summed E-state index contributed by atoms with van der Waals surface area (Å²) in [4.78, 5) is 40.0. The highest BCUT2D eigenvalue weighted by Crippen LogP contribution is 2.50. The van der Waals surface area contributed by atoms with E-state index in [1.54, 1.807) is 20.8 Å². The van der Waals surface area contributed by atoms with Gasteiger partial charge < -0.3 is 19.9 Å². The van der Waals surface area contributed by atoms with E-state index >= 15 is 0 Å². The SMILES string of the molecule is CO[C@@]1(NP(c2ccc(C)cc2)c2ccc(C)cc2)C(=O)N2C(C(=O)OC(C)(C)C)=C(COC(N)=O)CS[C@H]21. The van der Waals surface area contributed by atoms with Crippen LogP contribution in [0.15, 0.2) is 59.8 Å². The molecule has 1 saturated heterocycles. The fraction of sp³-hybridized carbons (Fsp3) is 0.393. The average molecular weight is 572 g/mol. The quantitative estimate of drug-likeness (QED) is 0.215. The minimum atomic E-state index is -1.39. The number of nitrogens with two attached hydrogens (primary N) is 1. The molecule has 1 fully saturated rings. The number of β-lactam (4-membered cyclic amide) rings is 1. The van der Waals surface area contributed by atoms with Crippen LogP contribution in [0.1, 0.15) is 31.9 Å². The molecule has 9 nitrogen and oxygen atoms in total. The predicted octanol–water partition coefficient (Wildman–Crippen LogP) is 3.19. The average Bonchev–Trinajstić information content (AvgIpc) is 2.88. The summed E-state index contributed by atoms with van der Waals surface area (Å²) in [6.45, 7) is 9.07. The number of nitrogens with one attached hydrogen (secondary N) is 1. The maximum absolute atomic E-state index is 14.0. The highest BCUT2D eigenvalue weighted by molar-refractivity contribution is 8.00. The summed E-state index contributed by atoms with van der Waals surface area (Å²) in [5.74, 6) is -0.782. The molecule has 3 N–H and O–H groups in total. The van der Waals surface area contributed by atoms with Crippen LogP contribution in [0.2, 0.25) is 0 Å². The van der Waals surface area contributed by atoms with Crippen LogP contribution in [0.5, 0.6) is 0 Å². The Morgan fingerprint density at radius 2 is 1.62 bits per heavy atom. The van der Waals surface area contributed by atoms with Crippen molar-refractivity contribution >= 4 is 48.4 Å². The highest BCUT2D eigenvalue weighted by atomic mass is 32.2. The Morgan fingerprint density at radius 1 is 1.08 bits per heavy atom. The smallest absolute Gasteiger partial charge is 0.404 e. The lowest BCUT2D eigenvalue weighted by Gasteiger charge is -2.57. The number of carbonyl (C=O) groups excluding carboxylic acids is 3. The third-order valence-electron chi connectivity index (χ3n) is 6.28. The van der Waals surface area contributed by atoms with E-state index in [0.717, 1.165) is 21.7 Å². The lowest BCUT2D eigenvalue weighted by Crippen LogP contribution is -2.79. The molecular weight excluding hydrogens is 537 g/mol. The third-order valence-corrected chi connectivity index (χ3v) is 9.83. The Labute approximate surface area is 234 Å². The number of primary amides is 1. The molecule has 4 rings (SSSR count). The molecule has 0 unspecified atom stereocenters. The lowest BCUT2D eigenvalue weighted by molar-refractivity contribution is -0.188. The lowest BCUT2D eigenvalue weighted by atomic mass is 9.99. The van der Waals surface area contributed by atoms with E-state index in [1.165, 1.54) is 23.8 Å². The molecule has 2 aliphatic heterocycles. The molecule has 2 heterocycles. The first-order valence-electron chi connectivity index (χ1n) is 12.5. The number of amides is 2. The molecule has 11 heteroatoms. The van der Waals surface area contributed by atoms with Crippen molar-refractivity contribution in [3.63, 3.8) is 0 Å². The number of esters is 1. The van der Waals surface area contributed by atoms with Gasteiger partial charge in [0.15, 0.2) is 0 Å². The number of nitrogens with zero attached hydrogens (tertiary/aromatic N) is 1. The van der Waals surface area contributed by atoms with Crippen LogP contribution in [-0.2, 0) is 23.8 Å². The topological polar surface area (TPSA) is 120 Å². The number of carbonyl (C=O) groups is 3. The molecule has 0 radical (unpaired) electrons. The molecule has 39 heavy (non-hydrogen) atoms. The molecular formula is C28H34N3O6PS. The summed E-state index contributed by atoms with van der Waals surface area (Å²) in [5, 5.41) is 5.06. The van der Waals surface area contributed by atoms with Gasteiger partial charge in [-0.2, -0.15) is 0 Å². The third kappa shape index (κ3) is 5.99. The minimum Gasteiger partial charge on any atom is -0.455 e. The number of ether oxygens (including phenoxy) is 3. The molecule has 2 aromatic rings. The van der Waals surface area contributed by atoms with Gasteiger partial charge in [-0.3, -0.25) is 9.69 Å². The van der Waals surface area contributed by atoms with Crippen LogP contribution in [0.4, 0.5) is 4.79 Å². The summed E-state index contributed by atoms with van der Waals surface area (Å²) >= 11 is 1.41.